The molecule has 5 rings (SSSR count). The van der Waals surface area contributed by atoms with Crippen molar-refractivity contribution in [2.24, 2.45) is 5.92 Å². The highest BCUT2D eigenvalue weighted by atomic mass is 32.1. The Morgan fingerprint density at radius 1 is 1.17 bits per heavy atom. The summed E-state index contributed by atoms with van der Waals surface area (Å²) >= 11 is 1.76. The van der Waals surface area contributed by atoms with Crippen molar-refractivity contribution in [1.29, 1.82) is 0 Å². The molecule has 6 nitrogen and oxygen atoms in total. The predicted octanol–water partition coefficient (Wildman–Crippen LogP) is 3.63. The molecule has 4 heterocycles. The Balaban J connectivity index is 1.37. The van der Waals surface area contributed by atoms with Crippen molar-refractivity contribution >= 4 is 17.2 Å². The first kappa shape index (κ1) is 19.9. The van der Waals surface area contributed by atoms with E-state index in [4.69, 9.17) is 4.98 Å². The number of nitrogens with one attached hydrogen (secondary N) is 1. The molecule has 0 bridgehead atoms. The second-order valence-electron chi connectivity index (χ2n) is 8.94. The molecule has 0 spiro atoms. The minimum absolute atomic E-state index is 0.0234. The van der Waals surface area contributed by atoms with Crippen LogP contribution in [0.3, 0.4) is 0 Å². The van der Waals surface area contributed by atoms with Gasteiger partial charge in [0.15, 0.2) is 0 Å². The number of carbonyl (C=O) groups excluding carboxylic acids is 1. The number of hydrogen-bond donors (Lipinski definition) is 1. The Morgan fingerprint density at radius 3 is 2.80 bits per heavy atom. The highest BCUT2D eigenvalue weighted by Crippen LogP contribution is 2.34. The largest absolute Gasteiger partial charge is 0.332 e. The summed E-state index contributed by atoms with van der Waals surface area (Å²) in [6, 6.07) is 4.14. The summed E-state index contributed by atoms with van der Waals surface area (Å²) in [5, 5.41) is 2.09. The minimum atomic E-state index is -0.0750. The van der Waals surface area contributed by atoms with Gasteiger partial charge in [0.2, 0.25) is 5.91 Å². The zero-order chi connectivity index (χ0) is 20.5. The van der Waals surface area contributed by atoms with Crippen LogP contribution in [0.2, 0.25) is 0 Å². The van der Waals surface area contributed by atoms with Crippen molar-refractivity contribution in [2.45, 2.75) is 70.5 Å². The van der Waals surface area contributed by atoms with E-state index in [-0.39, 0.29) is 23.4 Å². The molecule has 3 aliphatic rings. The van der Waals surface area contributed by atoms with Gasteiger partial charge in [0, 0.05) is 43.4 Å². The molecule has 1 N–H and O–H groups in total. The maximum absolute atomic E-state index is 13.2. The SMILES string of the molecule is O=C(C1CCCC1)N1CCCC[C@H]1c1nc2c(c(=O)[nH]1)CN(Cc1cccs1)CC2. The molecule has 2 aromatic heterocycles. The molecule has 7 heteroatoms. The van der Waals surface area contributed by atoms with Gasteiger partial charge in [0.05, 0.1) is 17.3 Å². The van der Waals surface area contributed by atoms with E-state index in [9.17, 15) is 9.59 Å². The molecule has 0 aromatic carbocycles. The normalized spacial score (nSPS) is 22.9. The lowest BCUT2D eigenvalue weighted by atomic mass is 9.97. The van der Waals surface area contributed by atoms with Crippen LogP contribution in [0.15, 0.2) is 22.3 Å². The summed E-state index contributed by atoms with van der Waals surface area (Å²) in [5.41, 5.74) is 1.70. The molecular weight excluding hydrogens is 396 g/mol. The lowest BCUT2D eigenvalue weighted by Gasteiger charge is -2.37. The third-order valence-electron chi connectivity index (χ3n) is 6.93. The molecule has 1 atom stereocenters. The zero-order valence-corrected chi connectivity index (χ0v) is 18.3. The number of aromatic nitrogens is 2. The van der Waals surface area contributed by atoms with Crippen LogP contribution in [-0.2, 0) is 24.3 Å². The van der Waals surface area contributed by atoms with Gasteiger partial charge < -0.3 is 9.88 Å². The Bertz CT molecular complexity index is 949. The van der Waals surface area contributed by atoms with Crippen molar-refractivity contribution < 1.29 is 4.79 Å². The molecule has 30 heavy (non-hydrogen) atoms. The monoisotopic (exact) mass is 426 g/mol. The zero-order valence-electron chi connectivity index (χ0n) is 17.4. The summed E-state index contributed by atoms with van der Waals surface area (Å²) in [5.74, 6) is 1.15. The average molecular weight is 427 g/mol. The number of fused-ring (bicyclic) bond motifs is 1. The molecule has 1 saturated heterocycles. The molecule has 0 radical (unpaired) electrons. The number of likely N-dealkylation sites (tertiary alicyclic amines) is 1. The van der Waals surface area contributed by atoms with Gasteiger partial charge in [-0.25, -0.2) is 4.98 Å². The van der Waals surface area contributed by atoms with E-state index in [1.165, 1.54) is 4.88 Å². The van der Waals surface area contributed by atoms with Crippen LogP contribution in [0.1, 0.15) is 72.9 Å². The predicted molar refractivity (Wildman–Crippen MR) is 117 cm³/mol. The number of H-pyrrole nitrogens is 1. The molecular formula is C23H30N4O2S. The number of aromatic amines is 1. The summed E-state index contributed by atoms with van der Waals surface area (Å²) in [6.45, 7) is 3.22. The molecule has 1 saturated carbocycles. The van der Waals surface area contributed by atoms with Crippen LogP contribution in [0.5, 0.6) is 0 Å². The third-order valence-corrected chi connectivity index (χ3v) is 7.79. The van der Waals surface area contributed by atoms with Crippen molar-refractivity contribution in [3.63, 3.8) is 0 Å². The minimum Gasteiger partial charge on any atom is -0.332 e. The maximum atomic E-state index is 13.2. The molecule has 160 valence electrons. The van der Waals surface area contributed by atoms with Crippen molar-refractivity contribution in [1.82, 2.24) is 19.8 Å². The first-order valence-corrected chi connectivity index (χ1v) is 12.2. The van der Waals surface area contributed by atoms with Crippen LogP contribution < -0.4 is 5.56 Å². The second-order valence-corrected chi connectivity index (χ2v) is 9.97. The number of hydrogen-bond acceptors (Lipinski definition) is 5. The van der Waals surface area contributed by atoms with Crippen LogP contribution in [0.25, 0.3) is 0 Å². The number of piperidine rings is 1. The van der Waals surface area contributed by atoms with E-state index in [1.54, 1.807) is 11.3 Å². The van der Waals surface area contributed by atoms with Gasteiger partial charge in [-0.05, 0) is 43.6 Å². The molecule has 1 amide bonds. The number of thiophene rings is 1. The van der Waals surface area contributed by atoms with Crippen LogP contribution >= 0.6 is 11.3 Å². The van der Waals surface area contributed by atoms with Crippen molar-refractivity contribution in [3.05, 3.63) is 49.8 Å². The quantitative estimate of drug-likeness (QED) is 0.811. The van der Waals surface area contributed by atoms with E-state index in [1.807, 2.05) is 4.90 Å². The van der Waals surface area contributed by atoms with Crippen LogP contribution in [0, 0.1) is 5.92 Å². The molecule has 2 fully saturated rings. The molecule has 2 aromatic rings. The van der Waals surface area contributed by atoms with E-state index in [0.717, 1.165) is 82.3 Å². The molecule has 0 unspecified atom stereocenters. The summed E-state index contributed by atoms with van der Waals surface area (Å²) in [7, 11) is 0. The van der Waals surface area contributed by atoms with E-state index >= 15 is 0 Å². The van der Waals surface area contributed by atoms with Gasteiger partial charge in [-0.3, -0.25) is 14.5 Å². The number of nitrogens with zero attached hydrogens (tertiary/aromatic N) is 3. The van der Waals surface area contributed by atoms with Gasteiger partial charge in [0.25, 0.3) is 5.56 Å². The van der Waals surface area contributed by atoms with Crippen LogP contribution in [0.4, 0.5) is 0 Å². The maximum Gasteiger partial charge on any atom is 0.255 e. The Hall–Kier alpha value is -1.99. The van der Waals surface area contributed by atoms with E-state index in [2.05, 4.69) is 27.4 Å². The van der Waals surface area contributed by atoms with Crippen molar-refractivity contribution in [3.8, 4) is 0 Å². The van der Waals surface area contributed by atoms with Gasteiger partial charge in [-0.2, -0.15) is 0 Å². The molecule has 1 aliphatic carbocycles. The van der Waals surface area contributed by atoms with Gasteiger partial charge in [0.1, 0.15) is 5.82 Å². The fourth-order valence-electron chi connectivity index (χ4n) is 5.30. The van der Waals surface area contributed by atoms with Gasteiger partial charge >= 0.3 is 0 Å². The van der Waals surface area contributed by atoms with E-state index in [0.29, 0.717) is 12.4 Å². The van der Waals surface area contributed by atoms with Gasteiger partial charge in [-0.1, -0.05) is 18.9 Å². The smallest absolute Gasteiger partial charge is 0.255 e. The standard InChI is InChI=1S/C23H30N4O2S/c28-22-18-15-26(14-17-8-5-13-30-17)12-10-19(18)24-21(25-22)20-9-3-4-11-27(20)23(29)16-6-1-2-7-16/h5,8,13,16,20H,1-4,6-7,9-12,14-15H2,(H,24,25,28)/t20-/m0/s1. The van der Waals surface area contributed by atoms with E-state index < -0.39 is 0 Å². The summed E-state index contributed by atoms with van der Waals surface area (Å²) < 4.78 is 0. The summed E-state index contributed by atoms with van der Waals surface area (Å²) in [4.78, 5) is 39.8. The molecule has 2 aliphatic heterocycles. The topological polar surface area (TPSA) is 69.3 Å². The summed E-state index contributed by atoms with van der Waals surface area (Å²) in [6.07, 6.45) is 8.14. The second kappa shape index (κ2) is 8.63. The first-order valence-electron chi connectivity index (χ1n) is 11.4. The fraction of sp³-hybridized carbons (Fsp3) is 0.609. The Kier molecular flexibility index (Phi) is 5.74. The average Bonchev–Trinajstić information content (AvgIpc) is 3.48. The van der Waals surface area contributed by atoms with Crippen LogP contribution in [-0.4, -0.2) is 38.8 Å². The van der Waals surface area contributed by atoms with Gasteiger partial charge in [-0.15, -0.1) is 11.3 Å². The Labute approximate surface area is 181 Å². The third kappa shape index (κ3) is 3.97. The first-order chi connectivity index (χ1) is 14.7. The number of rotatable bonds is 4. The lowest BCUT2D eigenvalue weighted by molar-refractivity contribution is -0.139. The number of carbonyl (C=O) groups is 1. The number of amides is 1. The Morgan fingerprint density at radius 2 is 2.00 bits per heavy atom. The lowest BCUT2D eigenvalue weighted by Crippen LogP contribution is -2.43. The highest BCUT2D eigenvalue weighted by molar-refractivity contribution is 7.09. The van der Waals surface area contributed by atoms with Crippen molar-refractivity contribution in [2.75, 3.05) is 13.1 Å². The fourth-order valence-corrected chi connectivity index (χ4v) is 6.05. The highest BCUT2D eigenvalue weighted by Gasteiger charge is 2.35.